The zero-order chi connectivity index (χ0) is 20.5. The van der Waals surface area contributed by atoms with E-state index in [0.717, 1.165) is 18.4 Å². The predicted octanol–water partition coefficient (Wildman–Crippen LogP) is 4.25. The van der Waals surface area contributed by atoms with Gasteiger partial charge in [0.15, 0.2) is 0 Å². The molecule has 0 unspecified atom stereocenters. The number of ether oxygens (including phenoxy) is 1. The summed E-state index contributed by atoms with van der Waals surface area (Å²) in [6, 6.07) is 13.5. The highest BCUT2D eigenvalue weighted by atomic mass is 35.5. The summed E-state index contributed by atoms with van der Waals surface area (Å²) < 4.78 is 5.69. The van der Waals surface area contributed by atoms with Gasteiger partial charge in [-0.15, -0.1) is 0 Å². The molecule has 2 saturated heterocycles. The van der Waals surface area contributed by atoms with Gasteiger partial charge in [-0.3, -0.25) is 9.59 Å². The number of hydrogen-bond acceptors (Lipinski definition) is 4. The molecule has 0 radical (unpaired) electrons. The van der Waals surface area contributed by atoms with Crippen LogP contribution in [0.5, 0.6) is 0 Å². The molecular weight excluding hydrogens is 390 g/mol. The highest BCUT2D eigenvalue weighted by Gasteiger charge is 2.47. The molecule has 29 heavy (non-hydrogen) atoms. The first-order valence-corrected chi connectivity index (χ1v) is 10.1. The Morgan fingerprint density at radius 1 is 1.17 bits per heavy atom. The first-order valence-electron chi connectivity index (χ1n) is 9.69. The highest BCUT2D eigenvalue weighted by Crippen LogP contribution is 2.42. The number of rotatable bonds is 4. The summed E-state index contributed by atoms with van der Waals surface area (Å²) in [6.07, 6.45) is 1.63. The maximum atomic E-state index is 13.0. The molecule has 2 aromatic rings. The monoisotopic (exact) mass is 411 g/mol. The molecule has 0 spiro atoms. The lowest BCUT2D eigenvalue weighted by molar-refractivity contribution is -0.140. The van der Waals surface area contributed by atoms with Crippen LogP contribution in [-0.2, 0) is 14.3 Å². The number of aliphatic hydroxyl groups excluding tert-OH is 1. The van der Waals surface area contributed by atoms with E-state index in [-0.39, 0.29) is 24.0 Å². The molecule has 2 heterocycles. The zero-order valence-electron chi connectivity index (χ0n) is 16.1. The van der Waals surface area contributed by atoms with E-state index >= 15 is 0 Å². The number of ketones is 1. The van der Waals surface area contributed by atoms with Gasteiger partial charge in [-0.25, -0.2) is 0 Å². The average Bonchev–Trinajstić information content (AvgIpc) is 3.31. The Kier molecular flexibility index (Phi) is 5.43. The Balaban J connectivity index is 1.84. The van der Waals surface area contributed by atoms with Crippen LogP contribution in [0, 0.1) is 6.92 Å². The van der Waals surface area contributed by atoms with Crippen LogP contribution in [0.15, 0.2) is 54.1 Å². The molecule has 0 saturated carbocycles. The van der Waals surface area contributed by atoms with Crippen molar-refractivity contribution in [1.82, 2.24) is 4.90 Å². The van der Waals surface area contributed by atoms with Gasteiger partial charge in [0.05, 0.1) is 17.7 Å². The fourth-order valence-corrected chi connectivity index (χ4v) is 4.20. The minimum atomic E-state index is -0.755. The quantitative estimate of drug-likeness (QED) is 0.464. The maximum Gasteiger partial charge on any atom is 0.295 e. The molecule has 0 aromatic heterocycles. The molecule has 2 aliphatic heterocycles. The van der Waals surface area contributed by atoms with E-state index in [0.29, 0.717) is 22.8 Å². The van der Waals surface area contributed by atoms with Gasteiger partial charge in [0.25, 0.3) is 11.7 Å². The fourth-order valence-electron chi connectivity index (χ4n) is 3.96. The van der Waals surface area contributed by atoms with Gasteiger partial charge in [-0.2, -0.15) is 0 Å². The summed E-state index contributed by atoms with van der Waals surface area (Å²) in [4.78, 5) is 27.4. The molecule has 4 rings (SSSR count). The minimum absolute atomic E-state index is 0.0601. The van der Waals surface area contributed by atoms with E-state index < -0.39 is 17.7 Å². The Hall–Kier alpha value is -2.63. The number of nitrogens with zero attached hydrogens (tertiary/aromatic N) is 1. The van der Waals surface area contributed by atoms with Crippen LogP contribution >= 0.6 is 11.6 Å². The molecule has 1 N–H and O–H groups in total. The van der Waals surface area contributed by atoms with E-state index in [2.05, 4.69) is 0 Å². The SMILES string of the molecule is Cc1ccc(C(O)=C2C(=O)C(=O)N(C[C@@H]3CCCO3)[C@H]2c2ccccc2Cl)cc1. The van der Waals surface area contributed by atoms with Crippen molar-refractivity contribution in [3.05, 3.63) is 75.8 Å². The summed E-state index contributed by atoms with van der Waals surface area (Å²) in [5, 5.41) is 11.4. The number of likely N-dealkylation sites (tertiary alicyclic amines) is 1. The molecule has 0 bridgehead atoms. The smallest absolute Gasteiger partial charge is 0.295 e. The largest absolute Gasteiger partial charge is 0.507 e. The predicted molar refractivity (Wildman–Crippen MR) is 111 cm³/mol. The molecule has 0 aliphatic carbocycles. The third-order valence-electron chi connectivity index (χ3n) is 5.49. The number of benzene rings is 2. The highest BCUT2D eigenvalue weighted by molar-refractivity contribution is 6.47. The maximum absolute atomic E-state index is 13.0. The minimum Gasteiger partial charge on any atom is -0.507 e. The zero-order valence-corrected chi connectivity index (χ0v) is 16.9. The summed E-state index contributed by atoms with van der Waals surface area (Å²) in [5.74, 6) is -1.53. The Bertz CT molecular complexity index is 977. The normalized spacial score (nSPS) is 23.7. The molecule has 2 fully saturated rings. The second kappa shape index (κ2) is 8.01. The van der Waals surface area contributed by atoms with Crippen molar-refractivity contribution in [2.75, 3.05) is 13.2 Å². The Morgan fingerprint density at radius 3 is 2.55 bits per heavy atom. The number of aliphatic hydroxyl groups is 1. The van der Waals surface area contributed by atoms with Crippen molar-refractivity contribution >= 4 is 29.1 Å². The van der Waals surface area contributed by atoms with E-state index in [4.69, 9.17) is 16.3 Å². The number of Topliss-reactive ketones (excluding diaryl/α,β-unsaturated/α-hetero) is 1. The Morgan fingerprint density at radius 2 is 1.90 bits per heavy atom. The van der Waals surface area contributed by atoms with Gasteiger partial charge in [0, 0.05) is 23.7 Å². The first-order chi connectivity index (χ1) is 14.0. The molecule has 2 aromatic carbocycles. The third kappa shape index (κ3) is 3.68. The van der Waals surface area contributed by atoms with Crippen LogP contribution < -0.4 is 0 Å². The number of hydrogen-bond donors (Lipinski definition) is 1. The summed E-state index contributed by atoms with van der Waals surface area (Å²) in [5.41, 5.74) is 2.19. The van der Waals surface area contributed by atoms with Gasteiger partial charge in [0.2, 0.25) is 0 Å². The fraction of sp³-hybridized carbons (Fsp3) is 0.304. The van der Waals surface area contributed by atoms with Crippen LogP contribution in [0.25, 0.3) is 5.76 Å². The molecule has 1 amide bonds. The van der Waals surface area contributed by atoms with E-state index in [1.807, 2.05) is 19.1 Å². The van der Waals surface area contributed by atoms with Crippen LogP contribution in [0.4, 0.5) is 0 Å². The van der Waals surface area contributed by atoms with Crippen molar-refractivity contribution in [2.45, 2.75) is 31.9 Å². The Labute approximate surface area is 174 Å². The number of aryl methyl sites for hydroxylation is 1. The van der Waals surface area contributed by atoms with E-state index in [1.54, 1.807) is 36.4 Å². The average molecular weight is 412 g/mol. The van der Waals surface area contributed by atoms with E-state index in [9.17, 15) is 14.7 Å². The summed E-state index contributed by atoms with van der Waals surface area (Å²) >= 11 is 6.43. The molecular formula is C23H22ClNO4. The van der Waals surface area contributed by atoms with Crippen molar-refractivity contribution < 1.29 is 19.4 Å². The second-order valence-corrected chi connectivity index (χ2v) is 7.88. The van der Waals surface area contributed by atoms with Gasteiger partial charge in [-0.1, -0.05) is 59.6 Å². The van der Waals surface area contributed by atoms with Gasteiger partial charge in [-0.05, 0) is 31.4 Å². The van der Waals surface area contributed by atoms with Crippen LogP contribution in [0.3, 0.4) is 0 Å². The first kappa shape index (κ1) is 19.7. The van der Waals surface area contributed by atoms with Crippen LogP contribution in [-0.4, -0.2) is 41.0 Å². The third-order valence-corrected chi connectivity index (χ3v) is 5.83. The number of carbonyl (C=O) groups is 2. The van der Waals surface area contributed by atoms with Crippen molar-refractivity contribution in [3.8, 4) is 0 Å². The van der Waals surface area contributed by atoms with Crippen LogP contribution in [0.2, 0.25) is 5.02 Å². The van der Waals surface area contributed by atoms with Crippen LogP contribution in [0.1, 0.15) is 35.6 Å². The van der Waals surface area contributed by atoms with Crippen molar-refractivity contribution in [3.63, 3.8) is 0 Å². The lowest BCUT2D eigenvalue weighted by atomic mass is 9.95. The lowest BCUT2D eigenvalue weighted by Gasteiger charge is -2.28. The second-order valence-electron chi connectivity index (χ2n) is 7.47. The number of amides is 1. The van der Waals surface area contributed by atoms with Gasteiger partial charge < -0.3 is 14.7 Å². The molecule has 2 atom stereocenters. The van der Waals surface area contributed by atoms with Gasteiger partial charge >= 0.3 is 0 Å². The molecule has 5 nitrogen and oxygen atoms in total. The molecule has 150 valence electrons. The number of carbonyl (C=O) groups excluding carboxylic acids is 2. The standard InChI is InChI=1S/C23H22ClNO4/c1-14-8-10-15(11-9-14)21(26)19-20(17-6-2-3-7-18(17)24)25(23(28)22(19)27)13-16-5-4-12-29-16/h2-3,6-11,16,20,26H,4-5,12-13H2,1H3/t16-,20-/m0/s1. The van der Waals surface area contributed by atoms with Crippen molar-refractivity contribution in [2.24, 2.45) is 0 Å². The molecule has 6 heteroatoms. The lowest BCUT2D eigenvalue weighted by Crippen LogP contribution is -2.36. The van der Waals surface area contributed by atoms with E-state index in [1.165, 1.54) is 4.90 Å². The van der Waals surface area contributed by atoms with Gasteiger partial charge in [0.1, 0.15) is 5.76 Å². The topological polar surface area (TPSA) is 66.8 Å². The summed E-state index contributed by atoms with van der Waals surface area (Å²) in [6.45, 7) is 2.87. The molecule has 2 aliphatic rings. The van der Waals surface area contributed by atoms with Crippen molar-refractivity contribution in [1.29, 1.82) is 0 Å². The number of halogens is 1. The summed E-state index contributed by atoms with van der Waals surface area (Å²) in [7, 11) is 0.